The van der Waals surface area contributed by atoms with E-state index in [-0.39, 0.29) is 5.04 Å². The lowest BCUT2D eigenvalue weighted by Crippen LogP contribution is -2.43. The molecule has 0 aliphatic heterocycles. The molecule has 0 unspecified atom stereocenters. The summed E-state index contributed by atoms with van der Waals surface area (Å²) in [5, 5.41) is 0.166. The van der Waals surface area contributed by atoms with Gasteiger partial charge in [0.2, 0.25) is 0 Å². The van der Waals surface area contributed by atoms with Crippen LogP contribution in [0.25, 0.3) is 6.08 Å². The van der Waals surface area contributed by atoms with Crippen molar-refractivity contribution in [3.05, 3.63) is 41.5 Å². The maximum atomic E-state index is 6.37. The van der Waals surface area contributed by atoms with Crippen LogP contribution in [0.2, 0.25) is 18.1 Å². The fourth-order valence-electron chi connectivity index (χ4n) is 1.86. The molecule has 0 heterocycles. The molecule has 0 saturated heterocycles. The molecule has 1 aromatic carbocycles. The molecule has 0 aliphatic rings. The smallest absolute Gasteiger partial charge is 0.250 e. The molecule has 122 valence electrons. The molecular formula is C19H30O2Si. The number of ether oxygens (including phenoxy) is 1. The maximum absolute atomic E-state index is 6.37. The third-order valence-electron chi connectivity index (χ3n) is 4.18. The highest BCUT2D eigenvalue weighted by atomic mass is 28.4. The van der Waals surface area contributed by atoms with Crippen LogP contribution >= 0.6 is 0 Å². The first-order valence-electron chi connectivity index (χ1n) is 7.79. The third kappa shape index (κ3) is 4.77. The number of allylic oxidation sites excluding steroid dienone is 3. The van der Waals surface area contributed by atoms with Crippen LogP contribution in [-0.4, -0.2) is 15.4 Å². The lowest BCUT2D eigenvalue weighted by Gasteiger charge is -2.36. The Kier molecular flexibility index (Phi) is 6.06. The second kappa shape index (κ2) is 7.19. The maximum Gasteiger partial charge on any atom is 0.250 e. The van der Waals surface area contributed by atoms with Crippen molar-refractivity contribution < 1.29 is 9.16 Å². The topological polar surface area (TPSA) is 18.5 Å². The van der Waals surface area contributed by atoms with Gasteiger partial charge >= 0.3 is 0 Å². The molecule has 0 spiro atoms. The average Bonchev–Trinajstić information content (AvgIpc) is 2.39. The number of methoxy groups -OCH3 is 1. The zero-order valence-electron chi connectivity index (χ0n) is 15.3. The van der Waals surface area contributed by atoms with Gasteiger partial charge in [-0.1, -0.05) is 50.6 Å². The van der Waals surface area contributed by atoms with E-state index < -0.39 is 8.32 Å². The Bertz CT molecular complexity index is 563. The van der Waals surface area contributed by atoms with Gasteiger partial charge in [0, 0.05) is 0 Å². The number of hydrogen-bond acceptors (Lipinski definition) is 2. The minimum Gasteiger partial charge on any atom is -0.541 e. The monoisotopic (exact) mass is 318 g/mol. The Morgan fingerprint density at radius 3 is 2.27 bits per heavy atom. The summed E-state index contributed by atoms with van der Waals surface area (Å²) in [6, 6.07) is 6.14. The first kappa shape index (κ1) is 18.6. The molecular weight excluding hydrogens is 288 g/mol. The van der Waals surface area contributed by atoms with Gasteiger partial charge in [0.1, 0.15) is 5.75 Å². The van der Waals surface area contributed by atoms with Gasteiger partial charge < -0.3 is 9.16 Å². The normalized spacial score (nSPS) is 13.5. The summed E-state index contributed by atoms with van der Waals surface area (Å²) < 4.78 is 11.9. The fraction of sp³-hybridized carbons (Fsp3) is 0.474. The largest absolute Gasteiger partial charge is 0.541 e. The molecule has 0 aliphatic carbocycles. The summed E-state index contributed by atoms with van der Waals surface area (Å²) in [5.74, 6) is 1.64. The predicted octanol–water partition coefficient (Wildman–Crippen LogP) is 6.06. The van der Waals surface area contributed by atoms with E-state index >= 15 is 0 Å². The molecule has 22 heavy (non-hydrogen) atoms. The van der Waals surface area contributed by atoms with E-state index in [1.54, 1.807) is 7.11 Å². The fourth-order valence-corrected chi connectivity index (χ4v) is 2.88. The number of benzene rings is 1. The molecule has 0 radical (unpaired) electrons. The van der Waals surface area contributed by atoms with Crippen molar-refractivity contribution >= 4 is 14.4 Å². The van der Waals surface area contributed by atoms with Gasteiger partial charge in [-0.2, -0.15) is 0 Å². The molecule has 0 fully saturated rings. The Morgan fingerprint density at radius 2 is 1.77 bits per heavy atom. The van der Waals surface area contributed by atoms with E-state index in [4.69, 9.17) is 9.16 Å². The van der Waals surface area contributed by atoms with Gasteiger partial charge in [0.05, 0.1) is 7.11 Å². The molecule has 0 saturated carbocycles. The van der Waals surface area contributed by atoms with Gasteiger partial charge in [0.25, 0.3) is 8.32 Å². The molecule has 1 aromatic rings. The van der Waals surface area contributed by atoms with Gasteiger partial charge in [0.15, 0.2) is 5.75 Å². The molecule has 2 nitrogen and oxygen atoms in total. The van der Waals surface area contributed by atoms with Crippen molar-refractivity contribution in [3.63, 3.8) is 0 Å². The SMILES string of the molecule is CC=CC(C)=Cc1ccc(O[Si](C)(C)C(C)(C)C)c(OC)c1. The Balaban J connectivity index is 3.12. The van der Waals surface area contributed by atoms with Crippen molar-refractivity contribution in [1.82, 2.24) is 0 Å². The third-order valence-corrected chi connectivity index (χ3v) is 8.53. The van der Waals surface area contributed by atoms with Gasteiger partial charge in [-0.15, -0.1) is 0 Å². The van der Waals surface area contributed by atoms with E-state index in [0.717, 1.165) is 17.1 Å². The molecule has 0 atom stereocenters. The second-order valence-electron chi connectivity index (χ2n) is 7.16. The van der Waals surface area contributed by atoms with Crippen LogP contribution in [-0.2, 0) is 0 Å². The Morgan fingerprint density at radius 1 is 1.14 bits per heavy atom. The van der Waals surface area contributed by atoms with Crippen LogP contribution in [0, 0.1) is 0 Å². The lowest BCUT2D eigenvalue weighted by molar-refractivity contribution is 0.386. The Labute approximate surface area is 137 Å². The molecule has 0 N–H and O–H groups in total. The highest BCUT2D eigenvalue weighted by Gasteiger charge is 2.39. The Hall–Kier alpha value is -1.48. The van der Waals surface area contributed by atoms with E-state index in [1.165, 1.54) is 5.57 Å². The highest BCUT2D eigenvalue weighted by Crippen LogP contribution is 2.40. The minimum atomic E-state index is -1.86. The first-order valence-corrected chi connectivity index (χ1v) is 10.7. The van der Waals surface area contributed by atoms with E-state index in [2.05, 4.69) is 59.0 Å². The van der Waals surface area contributed by atoms with Crippen molar-refractivity contribution in [1.29, 1.82) is 0 Å². The van der Waals surface area contributed by atoms with Crippen LogP contribution in [0.15, 0.2) is 35.9 Å². The second-order valence-corrected chi connectivity index (χ2v) is 11.9. The summed E-state index contributed by atoms with van der Waals surface area (Å²) in [6.07, 6.45) is 6.27. The number of hydrogen-bond donors (Lipinski definition) is 0. The molecule has 1 rings (SSSR count). The quantitative estimate of drug-likeness (QED) is 0.485. The van der Waals surface area contributed by atoms with E-state index in [0.29, 0.717) is 0 Å². The molecule has 0 bridgehead atoms. The summed E-state index contributed by atoms with van der Waals surface area (Å²) in [5.41, 5.74) is 2.33. The average molecular weight is 319 g/mol. The van der Waals surface area contributed by atoms with Gasteiger partial charge in [-0.25, -0.2) is 0 Å². The molecule has 0 aromatic heterocycles. The van der Waals surface area contributed by atoms with Gasteiger partial charge in [-0.3, -0.25) is 0 Å². The van der Waals surface area contributed by atoms with Crippen LogP contribution in [0.1, 0.15) is 40.2 Å². The van der Waals surface area contributed by atoms with Crippen LogP contribution in [0.4, 0.5) is 0 Å². The van der Waals surface area contributed by atoms with Crippen molar-refractivity contribution in [2.45, 2.75) is 52.8 Å². The van der Waals surface area contributed by atoms with E-state index in [9.17, 15) is 0 Å². The first-order chi connectivity index (χ1) is 10.1. The predicted molar refractivity (Wildman–Crippen MR) is 99.3 cm³/mol. The zero-order chi connectivity index (χ0) is 17.0. The summed E-state index contributed by atoms with van der Waals surface area (Å²) in [6.45, 7) is 15.3. The van der Waals surface area contributed by atoms with Crippen molar-refractivity contribution in [3.8, 4) is 11.5 Å². The number of rotatable bonds is 5. The van der Waals surface area contributed by atoms with Crippen LogP contribution in [0.5, 0.6) is 11.5 Å². The summed E-state index contributed by atoms with van der Waals surface area (Å²) in [4.78, 5) is 0. The zero-order valence-corrected chi connectivity index (χ0v) is 16.3. The molecule has 3 heteroatoms. The van der Waals surface area contributed by atoms with Crippen LogP contribution in [0.3, 0.4) is 0 Å². The van der Waals surface area contributed by atoms with Crippen LogP contribution < -0.4 is 9.16 Å². The highest BCUT2D eigenvalue weighted by molar-refractivity contribution is 6.74. The van der Waals surface area contributed by atoms with Gasteiger partial charge in [-0.05, 0) is 49.7 Å². The summed E-state index contributed by atoms with van der Waals surface area (Å²) in [7, 11) is -0.167. The van der Waals surface area contributed by atoms with E-state index in [1.807, 2.05) is 25.1 Å². The summed E-state index contributed by atoms with van der Waals surface area (Å²) >= 11 is 0. The minimum absolute atomic E-state index is 0.166. The lowest BCUT2D eigenvalue weighted by atomic mass is 10.1. The molecule has 0 amide bonds. The van der Waals surface area contributed by atoms with Crippen molar-refractivity contribution in [2.24, 2.45) is 0 Å². The van der Waals surface area contributed by atoms with Crippen molar-refractivity contribution in [2.75, 3.05) is 7.11 Å². The standard InChI is InChI=1S/C19H30O2Si/c1-9-10-15(2)13-16-11-12-17(18(14-16)20-6)21-22(7,8)19(3,4)5/h9-14H,1-8H3.